The quantitative estimate of drug-likeness (QED) is 0.151. The summed E-state index contributed by atoms with van der Waals surface area (Å²) < 4.78 is 5.11. The van der Waals surface area contributed by atoms with E-state index in [0.717, 1.165) is 34.1 Å². The van der Waals surface area contributed by atoms with Gasteiger partial charge in [-0.2, -0.15) is 0 Å². The minimum Gasteiger partial charge on any atom is -0.309 e. The van der Waals surface area contributed by atoms with Crippen LogP contribution in [-0.4, -0.2) is 8.80 Å². The molecule has 0 saturated carbocycles. The van der Waals surface area contributed by atoms with E-state index in [4.69, 9.17) is 0 Å². The van der Waals surface area contributed by atoms with Crippen LogP contribution in [0.4, 0.5) is 34.1 Å². The molecule has 74 heavy (non-hydrogen) atoms. The number of hydrogen-bond donors (Lipinski definition) is 0. The van der Waals surface area contributed by atoms with Crippen molar-refractivity contribution in [1.29, 1.82) is 0 Å². The van der Waals surface area contributed by atoms with Gasteiger partial charge in [0.15, 0.2) is 0 Å². The number of hydrogen-bond acceptors (Lipinski definition) is 2. The standard InChI is InChI=1S/C70H50N4/c1-43-23-29-49(30-24-43)71(61-35-27-45(3)39-55(61)47-15-7-5-8-16-47)63-37-33-51-57-41-66-58(42-65(57)73-59-21-13-11-19-53(59)67(63)69(51)73)52-34-38-64(68-54-20-12-14-22-60(54)74(66)70(52)68)72(50-31-25-44(2)26-32-50)62-36-28-46(4)40-56(62)48-17-9-6-10-18-48/h5-42H,1-4H3. The average Bonchev–Trinajstić information content (AvgIpc) is 4.32. The van der Waals surface area contributed by atoms with Crippen molar-refractivity contribution < 1.29 is 0 Å². The van der Waals surface area contributed by atoms with Crippen molar-refractivity contribution >= 4 is 110 Å². The number of benzene rings is 11. The summed E-state index contributed by atoms with van der Waals surface area (Å²) in [5, 5.41) is 9.95. The molecule has 0 aliphatic rings. The van der Waals surface area contributed by atoms with Crippen molar-refractivity contribution in [3.05, 3.63) is 253 Å². The summed E-state index contributed by atoms with van der Waals surface area (Å²) in [4.78, 5) is 4.99. The molecule has 4 heterocycles. The number of anilines is 6. The topological polar surface area (TPSA) is 15.3 Å². The molecule has 0 aliphatic heterocycles. The molecular formula is C70H50N4. The summed E-state index contributed by atoms with van der Waals surface area (Å²) in [5.41, 5.74) is 23.9. The maximum Gasteiger partial charge on any atom is 0.0641 e. The molecule has 4 aromatic heterocycles. The summed E-state index contributed by atoms with van der Waals surface area (Å²) >= 11 is 0. The third-order valence-electron chi connectivity index (χ3n) is 15.8. The first kappa shape index (κ1) is 42.3. The molecule has 0 bridgehead atoms. The molecule has 0 spiro atoms. The van der Waals surface area contributed by atoms with E-state index in [1.165, 1.54) is 121 Å². The van der Waals surface area contributed by atoms with Gasteiger partial charge < -0.3 is 18.6 Å². The lowest BCUT2D eigenvalue weighted by Crippen LogP contribution is -2.12. The Morgan fingerprint density at radius 1 is 0.270 bits per heavy atom. The highest BCUT2D eigenvalue weighted by Crippen LogP contribution is 2.53. The van der Waals surface area contributed by atoms with Gasteiger partial charge in [-0.3, -0.25) is 0 Å². The summed E-state index contributed by atoms with van der Waals surface area (Å²) in [5.74, 6) is 0. The Kier molecular flexibility index (Phi) is 9.19. The van der Waals surface area contributed by atoms with E-state index in [9.17, 15) is 0 Å². The highest BCUT2D eigenvalue weighted by molar-refractivity contribution is 6.32. The van der Waals surface area contributed by atoms with Gasteiger partial charge in [0.05, 0.1) is 55.8 Å². The van der Waals surface area contributed by atoms with Gasteiger partial charge in [0.25, 0.3) is 0 Å². The van der Waals surface area contributed by atoms with Crippen LogP contribution in [0.5, 0.6) is 0 Å². The predicted molar refractivity (Wildman–Crippen MR) is 315 cm³/mol. The second-order valence-electron chi connectivity index (χ2n) is 20.4. The van der Waals surface area contributed by atoms with E-state index in [1.54, 1.807) is 0 Å². The molecule has 0 N–H and O–H groups in total. The van der Waals surface area contributed by atoms with E-state index < -0.39 is 0 Å². The van der Waals surface area contributed by atoms with Crippen LogP contribution >= 0.6 is 0 Å². The number of nitrogens with zero attached hydrogens (tertiary/aromatic N) is 4. The molecule has 11 aromatic carbocycles. The summed E-state index contributed by atoms with van der Waals surface area (Å²) in [6, 6.07) is 86.0. The van der Waals surface area contributed by atoms with Crippen molar-refractivity contribution in [1.82, 2.24) is 8.80 Å². The third-order valence-corrected chi connectivity index (χ3v) is 15.8. The molecule has 15 rings (SSSR count). The Morgan fingerprint density at radius 2 is 0.635 bits per heavy atom. The lowest BCUT2D eigenvalue weighted by molar-refractivity contribution is 1.28. The normalized spacial score (nSPS) is 12.1. The lowest BCUT2D eigenvalue weighted by Gasteiger charge is -2.29. The van der Waals surface area contributed by atoms with E-state index in [1.807, 2.05) is 0 Å². The lowest BCUT2D eigenvalue weighted by atomic mass is 9.98. The second-order valence-corrected chi connectivity index (χ2v) is 20.4. The summed E-state index contributed by atoms with van der Waals surface area (Å²) in [6.45, 7) is 8.71. The summed E-state index contributed by atoms with van der Waals surface area (Å²) in [6.07, 6.45) is 0. The maximum absolute atomic E-state index is 2.55. The van der Waals surface area contributed by atoms with Crippen LogP contribution in [0, 0.1) is 27.7 Å². The maximum atomic E-state index is 2.55. The van der Waals surface area contributed by atoms with Gasteiger partial charge in [0.1, 0.15) is 0 Å². The van der Waals surface area contributed by atoms with Gasteiger partial charge in [-0.25, -0.2) is 0 Å². The van der Waals surface area contributed by atoms with Gasteiger partial charge in [-0.05, 0) is 124 Å². The van der Waals surface area contributed by atoms with Crippen LogP contribution in [0.2, 0.25) is 0 Å². The van der Waals surface area contributed by atoms with Crippen LogP contribution < -0.4 is 9.80 Å². The molecule has 0 atom stereocenters. The molecule has 0 fully saturated rings. The van der Waals surface area contributed by atoms with Crippen LogP contribution in [0.1, 0.15) is 22.3 Å². The Morgan fingerprint density at radius 3 is 1.05 bits per heavy atom. The smallest absolute Gasteiger partial charge is 0.0641 e. The zero-order chi connectivity index (χ0) is 49.3. The third kappa shape index (κ3) is 6.15. The number of para-hydroxylation sites is 2. The van der Waals surface area contributed by atoms with Gasteiger partial charge in [-0.15, -0.1) is 0 Å². The van der Waals surface area contributed by atoms with Crippen LogP contribution in [0.25, 0.3) is 98.4 Å². The van der Waals surface area contributed by atoms with E-state index in [0.29, 0.717) is 0 Å². The molecular weight excluding hydrogens is 897 g/mol. The minimum absolute atomic E-state index is 1.12. The largest absolute Gasteiger partial charge is 0.309 e. The Balaban J connectivity index is 1.01. The Bertz CT molecular complexity index is 4380. The highest BCUT2D eigenvalue weighted by atomic mass is 15.2. The second kappa shape index (κ2) is 16.1. The molecule has 0 saturated heterocycles. The summed E-state index contributed by atoms with van der Waals surface area (Å²) in [7, 11) is 0. The van der Waals surface area contributed by atoms with Gasteiger partial charge in [0.2, 0.25) is 0 Å². The minimum atomic E-state index is 1.12. The average molecular weight is 947 g/mol. The van der Waals surface area contributed by atoms with E-state index in [2.05, 4.69) is 277 Å². The molecule has 0 unspecified atom stereocenters. The van der Waals surface area contributed by atoms with Crippen LogP contribution in [0.15, 0.2) is 231 Å². The van der Waals surface area contributed by atoms with Crippen molar-refractivity contribution in [2.45, 2.75) is 27.7 Å². The highest BCUT2D eigenvalue weighted by Gasteiger charge is 2.29. The first-order valence-electron chi connectivity index (χ1n) is 25.8. The fraction of sp³-hybridized carbons (Fsp3) is 0.0571. The number of aryl methyl sites for hydroxylation is 4. The first-order valence-corrected chi connectivity index (χ1v) is 25.8. The number of rotatable bonds is 8. The first-order chi connectivity index (χ1) is 36.4. The van der Waals surface area contributed by atoms with Gasteiger partial charge in [-0.1, -0.05) is 168 Å². The van der Waals surface area contributed by atoms with Gasteiger partial charge in [0, 0.05) is 65.6 Å². The predicted octanol–water partition coefficient (Wildman–Crippen LogP) is 19.5. The van der Waals surface area contributed by atoms with Crippen LogP contribution in [-0.2, 0) is 0 Å². The molecule has 0 amide bonds. The van der Waals surface area contributed by atoms with E-state index in [-0.39, 0.29) is 0 Å². The molecule has 4 nitrogen and oxygen atoms in total. The zero-order valence-corrected chi connectivity index (χ0v) is 41.7. The van der Waals surface area contributed by atoms with Crippen LogP contribution in [0.3, 0.4) is 0 Å². The van der Waals surface area contributed by atoms with E-state index >= 15 is 0 Å². The number of aromatic nitrogens is 2. The monoisotopic (exact) mass is 946 g/mol. The van der Waals surface area contributed by atoms with Crippen molar-refractivity contribution in [2.24, 2.45) is 0 Å². The Hall–Kier alpha value is -9.38. The number of fused-ring (bicyclic) bond motifs is 12. The van der Waals surface area contributed by atoms with Crippen molar-refractivity contribution in [2.75, 3.05) is 9.80 Å². The Labute approximate surface area is 429 Å². The molecule has 15 aromatic rings. The van der Waals surface area contributed by atoms with Gasteiger partial charge >= 0.3 is 0 Å². The zero-order valence-electron chi connectivity index (χ0n) is 41.7. The fourth-order valence-electron chi connectivity index (χ4n) is 12.4. The SMILES string of the molecule is Cc1ccc(N(c2ccc(C)cc2-c2ccccc2)c2ccc3c4cc5c(cc4n4c6ccccc6c2c34)c2ccc(N(c3ccc(C)cc3)c3ccc(C)cc3-c3ccccc3)c3c4ccccc4n5c23)cc1. The fourth-order valence-corrected chi connectivity index (χ4v) is 12.4. The molecule has 0 radical (unpaired) electrons. The molecule has 0 aliphatic carbocycles. The van der Waals surface area contributed by atoms with Crippen molar-refractivity contribution in [3.8, 4) is 22.3 Å². The molecule has 4 heteroatoms. The molecule has 350 valence electrons. The van der Waals surface area contributed by atoms with Crippen molar-refractivity contribution in [3.63, 3.8) is 0 Å².